The molecule has 5 rings (SSSR count). The number of fused-ring (bicyclic) bond motifs is 1. The van der Waals surface area contributed by atoms with Crippen LogP contribution in [0.25, 0.3) is 10.8 Å². The molecule has 1 aromatic carbocycles. The van der Waals surface area contributed by atoms with E-state index in [4.69, 9.17) is 0 Å². The Hall–Kier alpha value is -2.61. The Labute approximate surface area is 161 Å². The highest BCUT2D eigenvalue weighted by atomic mass is 32.1. The Balaban J connectivity index is 1.40. The van der Waals surface area contributed by atoms with E-state index < -0.39 is 0 Å². The summed E-state index contributed by atoms with van der Waals surface area (Å²) in [5.74, 6) is 3.02. The van der Waals surface area contributed by atoms with Gasteiger partial charge in [0.05, 0.1) is 6.04 Å². The van der Waals surface area contributed by atoms with E-state index in [0.29, 0.717) is 19.0 Å². The summed E-state index contributed by atoms with van der Waals surface area (Å²) in [7, 11) is 0. The molecule has 8 heteroatoms. The molecule has 1 saturated carbocycles. The third kappa shape index (κ3) is 2.84. The fourth-order valence-corrected chi connectivity index (χ4v) is 4.35. The molecule has 0 radical (unpaired) electrons. The van der Waals surface area contributed by atoms with E-state index >= 15 is 0 Å². The summed E-state index contributed by atoms with van der Waals surface area (Å²) in [6.07, 6.45) is 2.53. The number of carbonyl (C=O) groups is 1. The molecule has 2 aromatic heterocycles. The fraction of sp³-hybridized carbons (Fsp3) is 0.421. The van der Waals surface area contributed by atoms with Crippen molar-refractivity contribution >= 4 is 17.4 Å². The van der Waals surface area contributed by atoms with Crippen LogP contribution in [0.3, 0.4) is 0 Å². The van der Waals surface area contributed by atoms with Crippen molar-refractivity contribution in [2.24, 2.45) is 0 Å². The smallest absolute Gasteiger partial charge is 0.254 e. The molecule has 0 bridgehead atoms. The van der Waals surface area contributed by atoms with E-state index in [1.54, 1.807) is 0 Å². The van der Waals surface area contributed by atoms with Crippen LogP contribution in [0.1, 0.15) is 59.3 Å². The summed E-state index contributed by atoms with van der Waals surface area (Å²) >= 11 is 1.33. The largest absolute Gasteiger partial charge is 0.327 e. The second kappa shape index (κ2) is 6.23. The standard InChI is InChI=1S/C19H20N6OS/c1-11-16-21-22-17(18-20-12(2)23-27-18)25(16)10-9-24(11)19(26)15-7-5-14(6-8-15)13-3-4-13/h5-8,11,13H,3-4,9-10H2,1-2H3/t11-/m1/s1. The van der Waals surface area contributed by atoms with Crippen molar-refractivity contribution in [2.45, 2.75) is 45.2 Å². The topological polar surface area (TPSA) is 76.8 Å². The number of aryl methyl sites for hydroxylation is 1. The monoisotopic (exact) mass is 380 g/mol. The van der Waals surface area contributed by atoms with E-state index in [1.807, 2.05) is 30.9 Å². The Morgan fingerprint density at radius 3 is 2.59 bits per heavy atom. The molecule has 7 nitrogen and oxygen atoms in total. The van der Waals surface area contributed by atoms with Gasteiger partial charge in [0.25, 0.3) is 5.91 Å². The molecule has 3 aromatic rings. The van der Waals surface area contributed by atoms with E-state index in [2.05, 4.69) is 36.3 Å². The molecule has 1 atom stereocenters. The van der Waals surface area contributed by atoms with Gasteiger partial charge >= 0.3 is 0 Å². The van der Waals surface area contributed by atoms with Crippen molar-refractivity contribution in [3.8, 4) is 10.8 Å². The van der Waals surface area contributed by atoms with Crippen molar-refractivity contribution in [1.29, 1.82) is 0 Å². The van der Waals surface area contributed by atoms with Crippen LogP contribution in [0.4, 0.5) is 0 Å². The Bertz CT molecular complexity index is 1000. The molecular weight excluding hydrogens is 360 g/mol. The lowest BCUT2D eigenvalue weighted by Gasteiger charge is -2.33. The molecule has 1 amide bonds. The zero-order valence-electron chi connectivity index (χ0n) is 15.3. The lowest BCUT2D eigenvalue weighted by molar-refractivity contribution is 0.0638. The molecule has 0 saturated heterocycles. The van der Waals surface area contributed by atoms with Crippen LogP contribution >= 0.6 is 11.5 Å². The summed E-state index contributed by atoms with van der Waals surface area (Å²) < 4.78 is 6.29. The van der Waals surface area contributed by atoms with Crippen LogP contribution in [0, 0.1) is 6.92 Å². The molecule has 0 N–H and O–H groups in total. The second-order valence-corrected chi connectivity index (χ2v) is 8.00. The van der Waals surface area contributed by atoms with Crippen LogP contribution in [-0.2, 0) is 6.54 Å². The third-order valence-corrected chi connectivity index (χ3v) is 6.17. The van der Waals surface area contributed by atoms with Gasteiger partial charge in [0, 0.05) is 18.7 Å². The summed E-state index contributed by atoms with van der Waals surface area (Å²) in [5, 5.41) is 9.44. The van der Waals surface area contributed by atoms with Gasteiger partial charge in [-0.05, 0) is 61.8 Å². The van der Waals surface area contributed by atoms with E-state index in [-0.39, 0.29) is 11.9 Å². The number of amides is 1. The average molecular weight is 380 g/mol. The highest BCUT2D eigenvalue weighted by Gasteiger charge is 2.33. The summed E-state index contributed by atoms with van der Waals surface area (Å²) in [6.45, 7) is 5.16. The number of aromatic nitrogens is 5. The molecule has 0 unspecified atom stereocenters. The second-order valence-electron chi connectivity index (χ2n) is 7.25. The average Bonchev–Trinajstić information content (AvgIpc) is 3.30. The van der Waals surface area contributed by atoms with Gasteiger partial charge in [-0.15, -0.1) is 10.2 Å². The minimum atomic E-state index is -0.135. The Morgan fingerprint density at radius 2 is 1.93 bits per heavy atom. The number of hydrogen-bond donors (Lipinski definition) is 0. The molecule has 1 fully saturated rings. The van der Waals surface area contributed by atoms with Gasteiger partial charge in [-0.1, -0.05) is 12.1 Å². The first-order valence-corrected chi connectivity index (χ1v) is 10.0. The number of nitrogens with zero attached hydrogens (tertiary/aromatic N) is 6. The molecule has 27 heavy (non-hydrogen) atoms. The van der Waals surface area contributed by atoms with Crippen molar-refractivity contribution in [3.63, 3.8) is 0 Å². The minimum Gasteiger partial charge on any atom is -0.327 e. The Morgan fingerprint density at radius 1 is 1.15 bits per heavy atom. The normalized spacial score (nSPS) is 19.2. The minimum absolute atomic E-state index is 0.0485. The molecule has 2 aliphatic rings. The number of benzene rings is 1. The molecule has 3 heterocycles. The first-order chi connectivity index (χ1) is 13.1. The van der Waals surface area contributed by atoms with Gasteiger partial charge in [0.1, 0.15) is 5.82 Å². The lowest BCUT2D eigenvalue weighted by Crippen LogP contribution is -2.41. The van der Waals surface area contributed by atoms with Crippen molar-refractivity contribution in [1.82, 2.24) is 29.0 Å². The number of carbonyl (C=O) groups excluding carboxylic acids is 1. The Kier molecular flexibility index (Phi) is 3.82. The molecule has 1 aliphatic carbocycles. The van der Waals surface area contributed by atoms with Crippen LogP contribution in [0.15, 0.2) is 24.3 Å². The molecule has 138 valence electrons. The van der Waals surface area contributed by atoms with Crippen molar-refractivity contribution < 1.29 is 4.79 Å². The van der Waals surface area contributed by atoms with Gasteiger partial charge in [-0.3, -0.25) is 4.79 Å². The van der Waals surface area contributed by atoms with Crippen LogP contribution in [-0.4, -0.2) is 41.5 Å². The molecular formula is C19H20N6OS. The predicted octanol–water partition coefficient (Wildman–Crippen LogP) is 3.20. The maximum Gasteiger partial charge on any atom is 0.254 e. The van der Waals surface area contributed by atoms with Crippen LogP contribution < -0.4 is 0 Å². The van der Waals surface area contributed by atoms with Crippen LogP contribution in [0.5, 0.6) is 0 Å². The maximum absolute atomic E-state index is 13.0. The number of hydrogen-bond acceptors (Lipinski definition) is 6. The van der Waals surface area contributed by atoms with E-state index in [0.717, 1.165) is 28.0 Å². The highest BCUT2D eigenvalue weighted by molar-refractivity contribution is 7.09. The SMILES string of the molecule is Cc1nsc(-c2nnc3n2CCN(C(=O)c2ccc(C4CC4)cc2)[C@@H]3C)n1. The fourth-order valence-electron chi connectivity index (χ4n) is 3.69. The molecule has 0 spiro atoms. The lowest BCUT2D eigenvalue weighted by atomic mass is 10.1. The van der Waals surface area contributed by atoms with Gasteiger partial charge < -0.3 is 9.47 Å². The zero-order chi connectivity index (χ0) is 18.5. The first-order valence-electron chi connectivity index (χ1n) is 9.26. The summed E-state index contributed by atoms with van der Waals surface area (Å²) in [6, 6.07) is 7.97. The van der Waals surface area contributed by atoms with Gasteiger partial charge in [-0.2, -0.15) is 4.37 Å². The van der Waals surface area contributed by atoms with Crippen LogP contribution in [0.2, 0.25) is 0 Å². The predicted molar refractivity (Wildman–Crippen MR) is 102 cm³/mol. The van der Waals surface area contributed by atoms with E-state index in [9.17, 15) is 4.79 Å². The highest BCUT2D eigenvalue weighted by Crippen LogP contribution is 2.40. The summed E-state index contributed by atoms with van der Waals surface area (Å²) in [5.41, 5.74) is 2.08. The number of rotatable bonds is 3. The maximum atomic E-state index is 13.0. The molecule has 1 aliphatic heterocycles. The van der Waals surface area contributed by atoms with Gasteiger partial charge in [0.15, 0.2) is 16.7 Å². The van der Waals surface area contributed by atoms with Gasteiger partial charge in [0.2, 0.25) is 0 Å². The zero-order valence-corrected chi connectivity index (χ0v) is 16.1. The van der Waals surface area contributed by atoms with Crippen molar-refractivity contribution in [2.75, 3.05) is 6.54 Å². The quantitative estimate of drug-likeness (QED) is 0.697. The third-order valence-electron chi connectivity index (χ3n) is 5.37. The van der Waals surface area contributed by atoms with Crippen molar-refractivity contribution in [3.05, 3.63) is 47.0 Å². The summed E-state index contributed by atoms with van der Waals surface area (Å²) in [4.78, 5) is 19.3. The first kappa shape index (κ1) is 16.6. The van der Waals surface area contributed by atoms with E-state index in [1.165, 1.54) is 29.9 Å². The van der Waals surface area contributed by atoms with Gasteiger partial charge in [-0.25, -0.2) is 4.98 Å².